The topological polar surface area (TPSA) is 67.4 Å². The van der Waals surface area contributed by atoms with Crippen LogP contribution in [0, 0.1) is 0 Å². The smallest absolute Gasteiger partial charge is 0.435 e. The Morgan fingerprint density at radius 1 is 1.03 bits per heavy atom. The van der Waals surface area contributed by atoms with Crippen molar-refractivity contribution in [1.29, 1.82) is 0 Å². The van der Waals surface area contributed by atoms with E-state index in [1.165, 1.54) is 7.11 Å². The third-order valence-electron chi connectivity index (χ3n) is 5.93. The summed E-state index contributed by atoms with van der Waals surface area (Å²) in [6.07, 6.45) is -1.32. The van der Waals surface area contributed by atoms with E-state index in [2.05, 4.69) is 20.2 Å². The second-order valence-corrected chi connectivity index (χ2v) is 9.54. The van der Waals surface area contributed by atoms with Gasteiger partial charge >= 0.3 is 6.18 Å². The van der Waals surface area contributed by atoms with E-state index in [0.717, 1.165) is 29.0 Å². The number of carbonyl (C=O) groups is 1. The summed E-state index contributed by atoms with van der Waals surface area (Å²) in [5.74, 6) is -0.233. The average molecular weight is 541 g/mol. The number of ether oxygens (including phenoxy) is 1. The van der Waals surface area contributed by atoms with Crippen molar-refractivity contribution in [2.75, 3.05) is 13.7 Å². The quantitative estimate of drug-likeness (QED) is 0.260. The predicted molar refractivity (Wildman–Crippen MR) is 141 cm³/mol. The molecule has 0 spiro atoms. The van der Waals surface area contributed by atoms with Gasteiger partial charge in [-0.2, -0.15) is 13.2 Å². The Labute approximate surface area is 223 Å². The maximum atomic E-state index is 13.9. The minimum atomic E-state index is -4.77. The molecule has 2 aromatic carbocycles. The average Bonchev–Trinajstić information content (AvgIpc) is 3.39. The third kappa shape index (κ3) is 6.76. The minimum Gasteiger partial charge on any atom is -0.497 e. The number of alkyl halides is 3. The third-order valence-corrected chi connectivity index (χ3v) is 7.02. The molecule has 0 aliphatic carbocycles. The molecule has 1 N–H and O–H groups in total. The van der Waals surface area contributed by atoms with Crippen LogP contribution in [0.15, 0.2) is 73.1 Å². The highest BCUT2D eigenvalue weighted by Gasteiger charge is 2.40. The van der Waals surface area contributed by atoms with Gasteiger partial charge in [0.15, 0.2) is 5.69 Å². The van der Waals surface area contributed by atoms with Gasteiger partial charge in [0, 0.05) is 37.6 Å². The molecule has 38 heavy (non-hydrogen) atoms. The number of nitrogens with zero attached hydrogens (tertiary/aromatic N) is 3. The molecule has 198 valence electrons. The van der Waals surface area contributed by atoms with E-state index in [0.29, 0.717) is 30.0 Å². The minimum absolute atomic E-state index is 0.0532. The lowest BCUT2D eigenvalue weighted by Crippen LogP contribution is -2.24. The van der Waals surface area contributed by atoms with E-state index in [9.17, 15) is 18.0 Å². The SMILES string of the molecule is CCN(Cc1ccncc1)Cc1ccccc1-c1nc(C(F)(F)F)c(C(=O)NCc2cccc(OC)c2)s1. The van der Waals surface area contributed by atoms with Crippen molar-refractivity contribution in [3.8, 4) is 16.3 Å². The highest BCUT2D eigenvalue weighted by molar-refractivity contribution is 7.17. The summed E-state index contributed by atoms with van der Waals surface area (Å²) in [5, 5.41) is 2.74. The Kier molecular flexibility index (Phi) is 8.75. The zero-order chi connectivity index (χ0) is 27.1. The molecule has 6 nitrogen and oxygen atoms in total. The molecule has 0 bridgehead atoms. The van der Waals surface area contributed by atoms with Crippen molar-refractivity contribution >= 4 is 17.2 Å². The lowest BCUT2D eigenvalue weighted by molar-refractivity contribution is -0.141. The Bertz CT molecular complexity index is 1380. The number of thiazole rings is 1. The Morgan fingerprint density at radius 2 is 1.79 bits per heavy atom. The number of hydrogen-bond donors (Lipinski definition) is 1. The van der Waals surface area contributed by atoms with Gasteiger partial charge in [-0.3, -0.25) is 14.7 Å². The molecule has 0 aliphatic rings. The molecule has 0 saturated heterocycles. The molecule has 4 rings (SSSR count). The first-order valence-electron chi connectivity index (χ1n) is 12.0. The lowest BCUT2D eigenvalue weighted by atomic mass is 10.1. The first-order valence-corrected chi connectivity index (χ1v) is 12.8. The molecule has 1 amide bonds. The van der Waals surface area contributed by atoms with E-state index >= 15 is 0 Å². The molecule has 0 unspecified atom stereocenters. The van der Waals surface area contributed by atoms with Crippen molar-refractivity contribution in [3.05, 3.63) is 100 Å². The number of rotatable bonds is 10. The lowest BCUT2D eigenvalue weighted by Gasteiger charge is -2.21. The molecular formula is C28H27F3N4O2S. The first kappa shape index (κ1) is 27.3. The molecule has 0 fully saturated rings. The van der Waals surface area contributed by atoms with Crippen LogP contribution in [0.4, 0.5) is 13.2 Å². The Morgan fingerprint density at radius 3 is 2.50 bits per heavy atom. The number of aromatic nitrogens is 2. The van der Waals surface area contributed by atoms with Crippen LogP contribution in [0.3, 0.4) is 0 Å². The van der Waals surface area contributed by atoms with Crippen LogP contribution in [-0.4, -0.2) is 34.4 Å². The first-order chi connectivity index (χ1) is 18.3. The van der Waals surface area contributed by atoms with Gasteiger partial charge in [-0.25, -0.2) is 4.98 Å². The number of amides is 1. The van der Waals surface area contributed by atoms with Crippen LogP contribution < -0.4 is 10.1 Å². The van der Waals surface area contributed by atoms with Gasteiger partial charge in [0.1, 0.15) is 15.6 Å². The molecule has 2 aromatic heterocycles. The van der Waals surface area contributed by atoms with Crippen LogP contribution >= 0.6 is 11.3 Å². The highest BCUT2D eigenvalue weighted by atomic mass is 32.1. The highest BCUT2D eigenvalue weighted by Crippen LogP contribution is 2.39. The van der Waals surface area contributed by atoms with Gasteiger partial charge in [-0.1, -0.05) is 43.3 Å². The maximum absolute atomic E-state index is 13.9. The zero-order valence-corrected chi connectivity index (χ0v) is 21.8. The molecule has 0 saturated carbocycles. The van der Waals surface area contributed by atoms with Crippen molar-refractivity contribution in [2.45, 2.75) is 32.7 Å². The summed E-state index contributed by atoms with van der Waals surface area (Å²) >= 11 is 0.749. The largest absolute Gasteiger partial charge is 0.497 e. The van der Waals surface area contributed by atoms with Gasteiger partial charge in [0.25, 0.3) is 5.91 Å². The Balaban J connectivity index is 1.60. The van der Waals surface area contributed by atoms with Gasteiger partial charge in [0.05, 0.1) is 7.11 Å². The summed E-state index contributed by atoms with van der Waals surface area (Å²) in [6.45, 7) is 3.99. The number of pyridine rings is 1. The van der Waals surface area contributed by atoms with Crippen molar-refractivity contribution in [2.24, 2.45) is 0 Å². The molecule has 0 aliphatic heterocycles. The van der Waals surface area contributed by atoms with Crippen molar-refractivity contribution in [3.63, 3.8) is 0 Å². The fourth-order valence-electron chi connectivity index (χ4n) is 3.96. The van der Waals surface area contributed by atoms with E-state index in [1.807, 2.05) is 31.2 Å². The standard InChI is InChI=1S/C28H27F3N4O2S/c1-3-35(17-19-11-13-32-14-12-19)18-21-8-4-5-10-23(21)27-34-25(28(29,30)31)24(38-27)26(36)33-16-20-7-6-9-22(15-20)37-2/h4-15H,3,16-18H2,1-2H3,(H,33,36). The number of halogens is 3. The zero-order valence-electron chi connectivity index (χ0n) is 21.0. The van der Waals surface area contributed by atoms with Crippen molar-refractivity contribution in [1.82, 2.24) is 20.2 Å². The number of nitrogens with one attached hydrogen (secondary N) is 1. The van der Waals surface area contributed by atoms with E-state index in [1.54, 1.807) is 48.8 Å². The van der Waals surface area contributed by atoms with Gasteiger partial charge < -0.3 is 10.1 Å². The van der Waals surface area contributed by atoms with E-state index in [4.69, 9.17) is 4.74 Å². The summed E-state index contributed by atoms with van der Waals surface area (Å²) < 4.78 is 47.0. The van der Waals surface area contributed by atoms with Crippen LogP contribution in [-0.2, 0) is 25.8 Å². The fourth-order valence-corrected chi connectivity index (χ4v) is 5.02. The van der Waals surface area contributed by atoms with Crippen LogP contribution in [0.25, 0.3) is 10.6 Å². The number of benzene rings is 2. The number of methoxy groups -OCH3 is 1. The summed E-state index contributed by atoms with van der Waals surface area (Å²) in [5.41, 5.74) is 2.01. The normalized spacial score (nSPS) is 11.5. The van der Waals surface area contributed by atoms with Gasteiger partial charge in [-0.15, -0.1) is 11.3 Å². The van der Waals surface area contributed by atoms with Gasteiger partial charge in [0.2, 0.25) is 0 Å². The van der Waals surface area contributed by atoms with Crippen LogP contribution in [0.2, 0.25) is 0 Å². The number of carbonyl (C=O) groups excluding carboxylic acids is 1. The summed E-state index contributed by atoms with van der Waals surface area (Å²) in [7, 11) is 1.52. The molecule has 0 atom stereocenters. The monoisotopic (exact) mass is 540 g/mol. The summed E-state index contributed by atoms with van der Waals surface area (Å²) in [6, 6.07) is 18.1. The number of hydrogen-bond acceptors (Lipinski definition) is 6. The molecule has 2 heterocycles. The molecule has 4 aromatic rings. The van der Waals surface area contributed by atoms with Crippen LogP contribution in [0.5, 0.6) is 5.75 Å². The van der Waals surface area contributed by atoms with Crippen LogP contribution in [0.1, 0.15) is 39.0 Å². The summed E-state index contributed by atoms with van der Waals surface area (Å²) in [4.78, 5) is 22.6. The van der Waals surface area contributed by atoms with Crippen molar-refractivity contribution < 1.29 is 22.7 Å². The Hall–Kier alpha value is -3.76. The molecular weight excluding hydrogens is 513 g/mol. The van der Waals surface area contributed by atoms with Gasteiger partial charge in [-0.05, 0) is 47.5 Å². The second-order valence-electron chi connectivity index (χ2n) is 8.54. The fraction of sp³-hybridized carbons (Fsp3) is 0.250. The van der Waals surface area contributed by atoms with E-state index < -0.39 is 22.7 Å². The second kappa shape index (κ2) is 12.2. The molecule has 10 heteroatoms. The van der Waals surface area contributed by atoms with E-state index in [-0.39, 0.29) is 11.6 Å². The maximum Gasteiger partial charge on any atom is 0.435 e. The predicted octanol–water partition coefficient (Wildman–Crippen LogP) is 6.18. The molecule has 0 radical (unpaired) electrons.